The summed E-state index contributed by atoms with van der Waals surface area (Å²) >= 11 is 0. The predicted molar refractivity (Wildman–Crippen MR) is 73.5 cm³/mol. The van der Waals surface area contributed by atoms with Crippen molar-refractivity contribution in [2.24, 2.45) is 5.84 Å². The van der Waals surface area contributed by atoms with E-state index in [1.807, 2.05) is 48.5 Å². The highest BCUT2D eigenvalue weighted by molar-refractivity contribution is 5.85. The molecule has 0 atom stereocenters. The van der Waals surface area contributed by atoms with Crippen LogP contribution in [0.2, 0.25) is 0 Å². The molecule has 0 fully saturated rings. The molecule has 0 unspecified atom stereocenters. The Labute approximate surface area is 107 Å². The molecule has 4 heteroatoms. The number of nitrogen functional groups attached to an aromatic ring is 1. The van der Waals surface area contributed by atoms with Gasteiger partial charge in [0.15, 0.2) is 0 Å². The third-order valence-corrected chi connectivity index (χ3v) is 2.45. The Bertz CT molecular complexity index is 488. The van der Waals surface area contributed by atoms with E-state index < -0.39 is 0 Å². The van der Waals surface area contributed by atoms with Crippen molar-refractivity contribution in [1.29, 1.82) is 0 Å². The van der Waals surface area contributed by atoms with Crippen LogP contribution < -0.4 is 16.0 Å². The van der Waals surface area contributed by atoms with Crippen LogP contribution in [-0.4, -0.2) is 7.11 Å². The summed E-state index contributed by atoms with van der Waals surface area (Å²) in [4.78, 5) is 0. The minimum absolute atomic E-state index is 0. The van der Waals surface area contributed by atoms with Gasteiger partial charge in [0.2, 0.25) is 0 Å². The van der Waals surface area contributed by atoms with Crippen LogP contribution in [0, 0.1) is 0 Å². The fourth-order valence-electron chi connectivity index (χ4n) is 1.66. The number of hydrazine groups is 1. The van der Waals surface area contributed by atoms with Gasteiger partial charge in [-0.15, -0.1) is 12.4 Å². The van der Waals surface area contributed by atoms with Gasteiger partial charge in [-0.2, -0.15) is 0 Å². The molecule has 0 radical (unpaired) electrons. The first kappa shape index (κ1) is 13.4. The molecule has 0 aliphatic rings. The van der Waals surface area contributed by atoms with Gasteiger partial charge in [-0.25, -0.2) is 0 Å². The average Bonchev–Trinajstić information content (AvgIpc) is 2.38. The van der Waals surface area contributed by atoms with Crippen molar-refractivity contribution in [2.75, 3.05) is 12.5 Å². The lowest BCUT2D eigenvalue weighted by Gasteiger charge is -2.09. The normalized spacial score (nSPS) is 9.29. The topological polar surface area (TPSA) is 47.3 Å². The van der Waals surface area contributed by atoms with Crippen LogP contribution in [0.5, 0.6) is 5.75 Å². The number of hydrogen-bond acceptors (Lipinski definition) is 3. The molecular weight excluding hydrogens is 236 g/mol. The number of hydrogen-bond donors (Lipinski definition) is 2. The number of ether oxygens (including phenoxy) is 1. The van der Waals surface area contributed by atoms with Crippen LogP contribution >= 0.6 is 12.4 Å². The third kappa shape index (κ3) is 2.90. The highest BCUT2D eigenvalue weighted by Crippen LogP contribution is 2.30. The van der Waals surface area contributed by atoms with Crippen molar-refractivity contribution in [3.05, 3.63) is 48.5 Å². The number of rotatable bonds is 3. The third-order valence-electron chi connectivity index (χ3n) is 2.45. The zero-order valence-electron chi connectivity index (χ0n) is 9.51. The number of methoxy groups -OCH3 is 1. The van der Waals surface area contributed by atoms with Crippen LogP contribution in [0.4, 0.5) is 5.69 Å². The minimum atomic E-state index is 0. The molecule has 2 aromatic rings. The quantitative estimate of drug-likeness (QED) is 0.650. The fraction of sp³-hybridized carbons (Fsp3) is 0.0769. The second-order valence-electron chi connectivity index (χ2n) is 3.43. The number of nitrogens with one attached hydrogen (secondary N) is 1. The Kier molecular flexibility index (Phi) is 4.82. The standard InChI is InChI=1S/C13H14N2O.ClH/c1-16-13-8-3-2-7-12(13)10-5-4-6-11(9-10)15-14;/h2-9,15H,14H2,1H3;1H. The molecule has 0 amide bonds. The molecule has 0 spiro atoms. The Morgan fingerprint density at radius 2 is 1.82 bits per heavy atom. The minimum Gasteiger partial charge on any atom is -0.496 e. The molecule has 2 rings (SSSR count). The average molecular weight is 251 g/mol. The Hall–Kier alpha value is -1.71. The Morgan fingerprint density at radius 3 is 2.53 bits per heavy atom. The Morgan fingerprint density at radius 1 is 1.06 bits per heavy atom. The molecule has 90 valence electrons. The van der Waals surface area contributed by atoms with Gasteiger partial charge >= 0.3 is 0 Å². The molecule has 2 aromatic carbocycles. The van der Waals surface area contributed by atoms with Crippen LogP contribution in [-0.2, 0) is 0 Å². The number of anilines is 1. The molecule has 0 aliphatic heterocycles. The molecule has 0 saturated carbocycles. The van der Waals surface area contributed by atoms with Gasteiger partial charge in [-0.05, 0) is 23.8 Å². The molecule has 0 heterocycles. The summed E-state index contributed by atoms with van der Waals surface area (Å²) in [5.41, 5.74) is 5.65. The lowest BCUT2D eigenvalue weighted by atomic mass is 10.0. The lowest BCUT2D eigenvalue weighted by molar-refractivity contribution is 0.416. The predicted octanol–water partition coefficient (Wildman–Crippen LogP) is 3.07. The van der Waals surface area contributed by atoms with Gasteiger partial charge < -0.3 is 10.2 Å². The van der Waals surface area contributed by atoms with E-state index in [0.29, 0.717) is 0 Å². The lowest BCUT2D eigenvalue weighted by Crippen LogP contribution is -2.06. The van der Waals surface area contributed by atoms with E-state index >= 15 is 0 Å². The molecule has 17 heavy (non-hydrogen) atoms. The summed E-state index contributed by atoms with van der Waals surface area (Å²) in [6.45, 7) is 0. The zero-order valence-corrected chi connectivity index (χ0v) is 10.3. The molecule has 0 saturated heterocycles. The molecule has 0 bridgehead atoms. The van der Waals surface area contributed by atoms with Crippen molar-refractivity contribution in [3.8, 4) is 16.9 Å². The summed E-state index contributed by atoms with van der Waals surface area (Å²) in [7, 11) is 1.67. The maximum atomic E-state index is 5.39. The van der Waals surface area contributed by atoms with Crippen LogP contribution in [0.1, 0.15) is 0 Å². The SMILES string of the molecule is COc1ccccc1-c1cccc(NN)c1.Cl. The number of halogens is 1. The van der Waals surface area contributed by atoms with Crippen molar-refractivity contribution in [2.45, 2.75) is 0 Å². The zero-order chi connectivity index (χ0) is 11.4. The number of para-hydroxylation sites is 1. The number of benzene rings is 2. The van der Waals surface area contributed by atoms with Crippen LogP contribution in [0.25, 0.3) is 11.1 Å². The van der Waals surface area contributed by atoms with Gasteiger partial charge in [0, 0.05) is 11.3 Å². The summed E-state index contributed by atoms with van der Waals surface area (Å²) in [5.74, 6) is 6.24. The molecule has 3 N–H and O–H groups in total. The summed E-state index contributed by atoms with van der Waals surface area (Å²) < 4.78 is 5.32. The summed E-state index contributed by atoms with van der Waals surface area (Å²) in [6, 6.07) is 15.8. The maximum absolute atomic E-state index is 5.39. The fourth-order valence-corrected chi connectivity index (χ4v) is 1.66. The first-order chi connectivity index (χ1) is 7.85. The summed E-state index contributed by atoms with van der Waals surface area (Å²) in [6.07, 6.45) is 0. The summed E-state index contributed by atoms with van der Waals surface area (Å²) in [5, 5.41) is 0. The van der Waals surface area contributed by atoms with E-state index in [2.05, 4.69) is 5.43 Å². The molecule has 0 aromatic heterocycles. The van der Waals surface area contributed by atoms with Crippen LogP contribution in [0.15, 0.2) is 48.5 Å². The van der Waals surface area contributed by atoms with Gasteiger partial charge in [0.1, 0.15) is 5.75 Å². The molecule has 0 aliphatic carbocycles. The highest BCUT2D eigenvalue weighted by atomic mass is 35.5. The number of nitrogens with two attached hydrogens (primary N) is 1. The van der Waals surface area contributed by atoms with Crippen molar-refractivity contribution < 1.29 is 4.74 Å². The smallest absolute Gasteiger partial charge is 0.126 e. The molecule has 3 nitrogen and oxygen atoms in total. The first-order valence-electron chi connectivity index (χ1n) is 5.05. The first-order valence-corrected chi connectivity index (χ1v) is 5.05. The second kappa shape index (κ2) is 6.13. The van der Waals surface area contributed by atoms with Gasteiger partial charge in [0.25, 0.3) is 0 Å². The van der Waals surface area contributed by atoms with E-state index in [1.54, 1.807) is 7.11 Å². The van der Waals surface area contributed by atoms with Gasteiger partial charge in [0.05, 0.1) is 7.11 Å². The van der Waals surface area contributed by atoms with Crippen molar-refractivity contribution in [3.63, 3.8) is 0 Å². The van der Waals surface area contributed by atoms with Crippen LogP contribution in [0.3, 0.4) is 0 Å². The highest BCUT2D eigenvalue weighted by Gasteiger charge is 2.04. The van der Waals surface area contributed by atoms with Gasteiger partial charge in [-0.1, -0.05) is 30.3 Å². The van der Waals surface area contributed by atoms with E-state index in [0.717, 1.165) is 22.6 Å². The van der Waals surface area contributed by atoms with Gasteiger partial charge in [-0.3, -0.25) is 5.84 Å². The van der Waals surface area contributed by atoms with E-state index in [9.17, 15) is 0 Å². The largest absolute Gasteiger partial charge is 0.496 e. The van der Waals surface area contributed by atoms with E-state index in [4.69, 9.17) is 10.6 Å². The second-order valence-corrected chi connectivity index (χ2v) is 3.43. The van der Waals surface area contributed by atoms with Crippen molar-refractivity contribution in [1.82, 2.24) is 0 Å². The molecular formula is C13H15ClN2O. The van der Waals surface area contributed by atoms with E-state index in [1.165, 1.54) is 0 Å². The van der Waals surface area contributed by atoms with E-state index in [-0.39, 0.29) is 12.4 Å². The van der Waals surface area contributed by atoms with Crippen molar-refractivity contribution >= 4 is 18.1 Å². The monoisotopic (exact) mass is 250 g/mol. The maximum Gasteiger partial charge on any atom is 0.126 e. The Balaban J connectivity index is 0.00000144.